The highest BCUT2D eigenvalue weighted by molar-refractivity contribution is 7.89. The number of hydrogen-bond donors (Lipinski definition) is 2. The summed E-state index contributed by atoms with van der Waals surface area (Å²) in [5.41, 5.74) is 2.60. The summed E-state index contributed by atoms with van der Waals surface area (Å²) in [5, 5.41) is 2.61. The average molecular weight is 419 g/mol. The minimum Gasteiger partial charge on any atom is -0.449 e. The Bertz CT molecular complexity index is 998. The number of carbonyl (C=O) groups excluding carboxylic acids is 2. The number of anilines is 1. The van der Waals surface area contributed by atoms with Crippen molar-refractivity contribution in [3.63, 3.8) is 0 Å². The summed E-state index contributed by atoms with van der Waals surface area (Å²) in [6, 6.07) is 10.9. The second-order valence-corrected chi connectivity index (χ2v) is 8.87. The molecule has 0 saturated carbocycles. The number of ether oxygens (including phenoxy) is 1. The van der Waals surface area contributed by atoms with Crippen molar-refractivity contribution in [1.29, 1.82) is 0 Å². The van der Waals surface area contributed by atoms with Crippen molar-refractivity contribution in [1.82, 2.24) is 4.72 Å². The van der Waals surface area contributed by atoms with Crippen LogP contribution in [0.3, 0.4) is 0 Å². The van der Waals surface area contributed by atoms with Gasteiger partial charge in [0.05, 0.1) is 10.5 Å². The van der Waals surface area contributed by atoms with Gasteiger partial charge < -0.3 is 10.1 Å². The van der Waals surface area contributed by atoms with Crippen molar-refractivity contribution < 1.29 is 22.7 Å². The fourth-order valence-corrected chi connectivity index (χ4v) is 3.91. The van der Waals surface area contributed by atoms with Crippen LogP contribution in [0.25, 0.3) is 0 Å². The van der Waals surface area contributed by atoms with Crippen molar-refractivity contribution in [2.75, 3.05) is 5.32 Å². The van der Waals surface area contributed by atoms with Gasteiger partial charge in [0.15, 0.2) is 6.10 Å². The highest BCUT2D eigenvalue weighted by Gasteiger charge is 2.21. The molecular formula is C21H26N2O5S. The molecular weight excluding hydrogens is 392 g/mol. The molecule has 1 amide bonds. The maximum absolute atomic E-state index is 12.3. The molecule has 0 bridgehead atoms. The number of sulfonamides is 1. The summed E-state index contributed by atoms with van der Waals surface area (Å²) in [7, 11) is -3.61. The third-order valence-corrected chi connectivity index (χ3v) is 5.75. The number of nitrogens with one attached hydrogen (secondary N) is 2. The molecule has 0 fully saturated rings. The van der Waals surface area contributed by atoms with Crippen LogP contribution >= 0.6 is 0 Å². The summed E-state index contributed by atoms with van der Waals surface area (Å²) < 4.78 is 32.0. The molecule has 2 N–H and O–H groups in total. The Kier molecular flexibility index (Phi) is 7.16. The first kappa shape index (κ1) is 22.6. The molecule has 0 radical (unpaired) electrons. The quantitative estimate of drug-likeness (QED) is 0.673. The van der Waals surface area contributed by atoms with Gasteiger partial charge in [-0.25, -0.2) is 17.9 Å². The van der Waals surface area contributed by atoms with E-state index in [9.17, 15) is 18.0 Å². The Morgan fingerprint density at radius 1 is 0.966 bits per heavy atom. The van der Waals surface area contributed by atoms with Gasteiger partial charge in [-0.05, 0) is 70.5 Å². The fraction of sp³-hybridized carbons (Fsp3) is 0.333. The van der Waals surface area contributed by atoms with E-state index in [1.165, 1.54) is 31.2 Å². The number of carbonyl (C=O) groups is 2. The van der Waals surface area contributed by atoms with E-state index in [4.69, 9.17) is 4.74 Å². The smallest absolute Gasteiger partial charge is 0.339 e. The average Bonchev–Trinajstić information content (AvgIpc) is 2.60. The first-order valence-corrected chi connectivity index (χ1v) is 10.7. The second kappa shape index (κ2) is 9.19. The van der Waals surface area contributed by atoms with Gasteiger partial charge in [0.25, 0.3) is 5.91 Å². The lowest BCUT2D eigenvalue weighted by molar-refractivity contribution is -0.123. The van der Waals surface area contributed by atoms with Crippen LogP contribution in [-0.2, 0) is 19.6 Å². The van der Waals surface area contributed by atoms with Crippen LogP contribution in [0.1, 0.15) is 42.3 Å². The van der Waals surface area contributed by atoms with Gasteiger partial charge in [-0.2, -0.15) is 0 Å². The van der Waals surface area contributed by atoms with Gasteiger partial charge in [0.2, 0.25) is 10.0 Å². The van der Waals surface area contributed by atoms with E-state index in [2.05, 4.69) is 10.0 Å². The highest BCUT2D eigenvalue weighted by atomic mass is 32.2. The van der Waals surface area contributed by atoms with Crippen LogP contribution < -0.4 is 10.0 Å². The molecule has 0 aliphatic carbocycles. The Balaban J connectivity index is 2.01. The van der Waals surface area contributed by atoms with Gasteiger partial charge in [0.1, 0.15) is 0 Å². The molecule has 0 aromatic heterocycles. The zero-order valence-electron chi connectivity index (χ0n) is 17.1. The number of rotatable bonds is 7. The van der Waals surface area contributed by atoms with Crippen molar-refractivity contribution >= 4 is 27.6 Å². The van der Waals surface area contributed by atoms with Crippen LogP contribution in [0.15, 0.2) is 47.4 Å². The van der Waals surface area contributed by atoms with Crippen LogP contribution in [0.4, 0.5) is 5.69 Å². The molecule has 0 aliphatic heterocycles. The molecule has 29 heavy (non-hydrogen) atoms. The van der Waals surface area contributed by atoms with Crippen molar-refractivity contribution in [2.45, 2.75) is 51.7 Å². The van der Waals surface area contributed by atoms with Gasteiger partial charge in [-0.15, -0.1) is 0 Å². The molecule has 1 atom stereocenters. The van der Waals surface area contributed by atoms with E-state index in [0.717, 1.165) is 11.1 Å². The first-order chi connectivity index (χ1) is 13.5. The van der Waals surface area contributed by atoms with Crippen molar-refractivity contribution in [3.8, 4) is 0 Å². The van der Waals surface area contributed by atoms with Crippen LogP contribution in [0, 0.1) is 13.8 Å². The topological polar surface area (TPSA) is 102 Å². The molecule has 8 heteroatoms. The molecule has 0 spiro atoms. The third kappa shape index (κ3) is 6.13. The lowest BCUT2D eigenvalue weighted by Crippen LogP contribution is -2.31. The predicted molar refractivity (Wildman–Crippen MR) is 111 cm³/mol. The van der Waals surface area contributed by atoms with E-state index < -0.39 is 28.0 Å². The van der Waals surface area contributed by atoms with Crippen molar-refractivity contribution in [3.05, 3.63) is 59.2 Å². The monoisotopic (exact) mass is 418 g/mol. The van der Waals surface area contributed by atoms with Crippen LogP contribution in [-0.4, -0.2) is 32.4 Å². The number of esters is 1. The Morgan fingerprint density at radius 3 is 2.14 bits per heavy atom. The van der Waals surface area contributed by atoms with Gasteiger partial charge in [-0.1, -0.05) is 17.7 Å². The molecule has 0 aliphatic rings. The normalized spacial score (nSPS) is 12.5. The highest BCUT2D eigenvalue weighted by Crippen LogP contribution is 2.16. The minimum absolute atomic E-state index is 0.0959. The maximum atomic E-state index is 12.3. The van der Waals surface area contributed by atoms with Crippen molar-refractivity contribution in [2.24, 2.45) is 0 Å². The molecule has 7 nitrogen and oxygen atoms in total. The summed E-state index contributed by atoms with van der Waals surface area (Å²) in [6.07, 6.45) is -1.02. The molecule has 2 aromatic carbocycles. The summed E-state index contributed by atoms with van der Waals surface area (Å²) in [4.78, 5) is 24.7. The van der Waals surface area contributed by atoms with E-state index in [1.54, 1.807) is 32.9 Å². The van der Waals surface area contributed by atoms with E-state index in [-0.39, 0.29) is 10.9 Å². The number of hydrogen-bond acceptors (Lipinski definition) is 5. The lowest BCUT2D eigenvalue weighted by Gasteiger charge is -2.15. The predicted octanol–water partition coefficient (Wildman–Crippen LogP) is 3.17. The molecule has 2 aromatic rings. The summed E-state index contributed by atoms with van der Waals surface area (Å²) >= 11 is 0. The number of amides is 1. The fourth-order valence-electron chi connectivity index (χ4n) is 2.66. The van der Waals surface area contributed by atoms with Crippen LogP contribution in [0.5, 0.6) is 0 Å². The van der Waals surface area contributed by atoms with E-state index >= 15 is 0 Å². The van der Waals surface area contributed by atoms with Gasteiger partial charge in [0, 0.05) is 11.7 Å². The standard InChI is InChI=1S/C21H26N2O5S/c1-13(2)23-29(26,27)18-9-7-17(8-10-18)22-20(24)16(5)28-21(25)19-11-6-14(3)12-15(19)4/h6-13,16,23H,1-5H3,(H,22,24)/t16-/m0/s1. The molecule has 0 saturated heterocycles. The minimum atomic E-state index is -3.61. The van der Waals surface area contributed by atoms with E-state index in [0.29, 0.717) is 11.3 Å². The molecule has 0 heterocycles. The Morgan fingerprint density at radius 2 is 1.59 bits per heavy atom. The summed E-state index contributed by atoms with van der Waals surface area (Å²) in [5.74, 6) is -1.09. The zero-order chi connectivity index (χ0) is 21.8. The largest absolute Gasteiger partial charge is 0.449 e. The zero-order valence-corrected chi connectivity index (χ0v) is 18.0. The molecule has 156 valence electrons. The maximum Gasteiger partial charge on any atom is 0.339 e. The SMILES string of the molecule is Cc1ccc(C(=O)O[C@@H](C)C(=O)Nc2ccc(S(=O)(=O)NC(C)C)cc2)c(C)c1. The Labute approximate surface area is 171 Å². The van der Waals surface area contributed by atoms with E-state index in [1.807, 2.05) is 13.0 Å². The molecule has 2 rings (SSSR count). The van der Waals surface area contributed by atoms with Gasteiger partial charge in [-0.3, -0.25) is 4.79 Å². The molecule has 0 unspecified atom stereocenters. The lowest BCUT2D eigenvalue weighted by atomic mass is 10.1. The Hall–Kier alpha value is -2.71. The second-order valence-electron chi connectivity index (χ2n) is 7.16. The number of benzene rings is 2. The first-order valence-electron chi connectivity index (χ1n) is 9.21. The van der Waals surface area contributed by atoms with Gasteiger partial charge >= 0.3 is 5.97 Å². The van der Waals surface area contributed by atoms with Crippen LogP contribution in [0.2, 0.25) is 0 Å². The summed E-state index contributed by atoms with van der Waals surface area (Å²) in [6.45, 7) is 8.66. The number of aryl methyl sites for hydroxylation is 2. The third-order valence-electron chi connectivity index (χ3n) is 4.08.